The van der Waals surface area contributed by atoms with E-state index in [0.717, 1.165) is 22.0 Å². The van der Waals surface area contributed by atoms with Crippen LogP contribution in [0.4, 0.5) is 0 Å². The maximum absolute atomic E-state index is 12.0. The Balaban J connectivity index is 1.59. The number of para-hydroxylation sites is 1. The first kappa shape index (κ1) is 19.2. The van der Waals surface area contributed by atoms with Gasteiger partial charge in [0.25, 0.3) is 0 Å². The molecule has 0 radical (unpaired) electrons. The molecule has 4 aromatic rings. The summed E-state index contributed by atoms with van der Waals surface area (Å²) in [5.74, 6) is -0.589. The molecule has 0 aliphatic rings. The maximum Gasteiger partial charge on any atom is 0.337 e. The molecule has 0 aliphatic carbocycles. The van der Waals surface area contributed by atoms with Crippen molar-refractivity contribution in [2.45, 2.75) is 6.54 Å². The smallest absolute Gasteiger partial charge is 0.337 e. The van der Waals surface area contributed by atoms with Crippen LogP contribution in [0.1, 0.15) is 32.0 Å². The van der Waals surface area contributed by atoms with Crippen molar-refractivity contribution < 1.29 is 18.7 Å². The minimum atomic E-state index is -0.417. The van der Waals surface area contributed by atoms with Crippen molar-refractivity contribution in [2.24, 2.45) is 5.10 Å². The van der Waals surface area contributed by atoms with Crippen LogP contribution in [-0.4, -0.2) is 29.8 Å². The van der Waals surface area contributed by atoms with Crippen molar-refractivity contribution in [2.75, 3.05) is 7.11 Å². The highest BCUT2D eigenvalue weighted by Gasteiger charge is 2.10. The Morgan fingerprint density at radius 1 is 1.13 bits per heavy atom. The molecule has 0 saturated heterocycles. The summed E-state index contributed by atoms with van der Waals surface area (Å²) < 4.78 is 11.9. The minimum absolute atomic E-state index is 0.195. The Morgan fingerprint density at radius 3 is 2.80 bits per heavy atom. The molecule has 30 heavy (non-hydrogen) atoms. The van der Waals surface area contributed by atoms with E-state index in [1.54, 1.807) is 24.4 Å². The fourth-order valence-electron chi connectivity index (χ4n) is 3.24. The number of rotatable bonds is 6. The molecule has 0 saturated carbocycles. The third-order valence-corrected chi connectivity index (χ3v) is 4.64. The molecular weight excluding hydrogens is 382 g/mol. The van der Waals surface area contributed by atoms with E-state index < -0.39 is 5.91 Å². The number of benzene rings is 2. The van der Waals surface area contributed by atoms with Crippen molar-refractivity contribution in [3.05, 3.63) is 95.6 Å². The Kier molecular flexibility index (Phi) is 5.43. The Labute approximate surface area is 172 Å². The molecule has 1 amide bonds. The van der Waals surface area contributed by atoms with Gasteiger partial charge in [0, 0.05) is 29.2 Å². The van der Waals surface area contributed by atoms with E-state index >= 15 is 0 Å². The zero-order valence-corrected chi connectivity index (χ0v) is 16.2. The Morgan fingerprint density at radius 2 is 2.00 bits per heavy atom. The second-order valence-corrected chi connectivity index (χ2v) is 6.60. The Bertz CT molecular complexity index is 1220. The lowest BCUT2D eigenvalue weighted by molar-refractivity contribution is 0.0600. The molecule has 0 unspecified atom stereocenters. The standard InChI is InChI=1S/C23H19N3O4/c1-29-23(28)17-7-4-6-16(12-17)14-26-15-18(19-8-2-3-9-20(19)26)13-24-25-22(27)21-10-5-11-30-21/h2-13,15H,14H2,1H3,(H,25,27)/b24-13+. The lowest BCUT2D eigenvalue weighted by atomic mass is 10.1. The molecule has 150 valence electrons. The topological polar surface area (TPSA) is 85.8 Å². The highest BCUT2D eigenvalue weighted by atomic mass is 16.5. The zero-order valence-electron chi connectivity index (χ0n) is 16.2. The molecule has 0 fully saturated rings. The number of carbonyl (C=O) groups is 2. The first-order valence-corrected chi connectivity index (χ1v) is 9.28. The summed E-state index contributed by atoms with van der Waals surface area (Å²) >= 11 is 0. The second kappa shape index (κ2) is 8.48. The number of ether oxygens (including phenoxy) is 1. The van der Waals surface area contributed by atoms with E-state index in [1.165, 1.54) is 13.4 Å². The van der Waals surface area contributed by atoms with Crippen LogP contribution < -0.4 is 5.43 Å². The number of aromatic nitrogens is 1. The summed E-state index contributed by atoms with van der Waals surface area (Å²) in [5, 5.41) is 5.06. The summed E-state index contributed by atoms with van der Waals surface area (Å²) in [6.07, 6.45) is 4.99. The molecule has 2 heterocycles. The number of esters is 1. The highest BCUT2D eigenvalue weighted by Crippen LogP contribution is 2.21. The fourth-order valence-corrected chi connectivity index (χ4v) is 3.24. The summed E-state index contributed by atoms with van der Waals surface area (Å²) in [4.78, 5) is 23.8. The van der Waals surface area contributed by atoms with Gasteiger partial charge in [0.05, 0.1) is 25.2 Å². The number of hydrogen-bond donors (Lipinski definition) is 1. The van der Waals surface area contributed by atoms with Crippen molar-refractivity contribution in [1.29, 1.82) is 0 Å². The van der Waals surface area contributed by atoms with Crippen LogP contribution in [0, 0.1) is 0 Å². The van der Waals surface area contributed by atoms with Gasteiger partial charge in [0.1, 0.15) is 0 Å². The minimum Gasteiger partial charge on any atom is -0.465 e. The van der Waals surface area contributed by atoms with Gasteiger partial charge >= 0.3 is 11.9 Å². The number of methoxy groups -OCH3 is 1. The summed E-state index contributed by atoms with van der Waals surface area (Å²) in [6.45, 7) is 0.567. The van der Waals surface area contributed by atoms with Crippen molar-refractivity contribution in [3.63, 3.8) is 0 Å². The average Bonchev–Trinajstić information content (AvgIpc) is 3.43. The first-order chi connectivity index (χ1) is 14.7. The molecule has 2 aromatic heterocycles. The number of nitrogens with zero attached hydrogens (tertiary/aromatic N) is 2. The van der Waals surface area contributed by atoms with Crippen molar-refractivity contribution in [3.8, 4) is 0 Å². The van der Waals surface area contributed by atoms with Gasteiger partial charge in [-0.3, -0.25) is 4.79 Å². The van der Waals surface area contributed by atoms with E-state index in [1.807, 2.05) is 48.7 Å². The molecule has 0 aliphatic heterocycles. The second-order valence-electron chi connectivity index (χ2n) is 6.60. The summed E-state index contributed by atoms with van der Waals surface area (Å²) in [5.41, 5.74) is 5.80. The number of nitrogens with one attached hydrogen (secondary N) is 1. The first-order valence-electron chi connectivity index (χ1n) is 9.28. The Hall–Kier alpha value is -4.13. The lowest BCUT2D eigenvalue weighted by Gasteiger charge is -2.07. The van der Waals surface area contributed by atoms with Crippen LogP contribution in [0.15, 0.2) is 82.6 Å². The molecule has 1 N–H and O–H groups in total. The molecule has 0 spiro atoms. The van der Waals surface area contributed by atoms with Crippen LogP contribution in [0.25, 0.3) is 10.9 Å². The monoisotopic (exact) mass is 401 g/mol. The third-order valence-electron chi connectivity index (χ3n) is 4.64. The molecule has 7 heteroatoms. The summed E-state index contributed by atoms with van der Waals surface area (Å²) in [6, 6.07) is 18.5. The van der Waals surface area contributed by atoms with Crippen LogP contribution in [-0.2, 0) is 11.3 Å². The van der Waals surface area contributed by atoms with Crippen molar-refractivity contribution in [1.82, 2.24) is 9.99 Å². The van der Waals surface area contributed by atoms with Gasteiger partial charge in [0.15, 0.2) is 5.76 Å². The molecular formula is C23H19N3O4. The third kappa shape index (κ3) is 4.00. The van der Waals surface area contributed by atoms with Gasteiger partial charge < -0.3 is 13.7 Å². The molecule has 2 aromatic carbocycles. The van der Waals surface area contributed by atoms with E-state index in [0.29, 0.717) is 12.1 Å². The quantitative estimate of drug-likeness (QED) is 0.302. The number of furan rings is 1. The predicted octanol–water partition coefficient (Wildman–Crippen LogP) is 3.83. The largest absolute Gasteiger partial charge is 0.465 e. The van der Waals surface area contributed by atoms with Gasteiger partial charge in [-0.15, -0.1) is 0 Å². The zero-order chi connectivity index (χ0) is 20.9. The van der Waals surface area contributed by atoms with Crippen LogP contribution in [0.3, 0.4) is 0 Å². The van der Waals surface area contributed by atoms with Gasteiger partial charge in [0.2, 0.25) is 0 Å². The maximum atomic E-state index is 12.0. The predicted molar refractivity (Wildman–Crippen MR) is 113 cm³/mol. The van der Waals surface area contributed by atoms with E-state index in [2.05, 4.69) is 15.1 Å². The fraction of sp³-hybridized carbons (Fsp3) is 0.0870. The summed E-state index contributed by atoms with van der Waals surface area (Å²) in [7, 11) is 1.37. The van der Waals surface area contributed by atoms with Crippen LogP contribution in [0.5, 0.6) is 0 Å². The van der Waals surface area contributed by atoms with Gasteiger partial charge in [-0.25, -0.2) is 10.2 Å². The van der Waals surface area contributed by atoms with Crippen molar-refractivity contribution >= 4 is 29.0 Å². The highest BCUT2D eigenvalue weighted by molar-refractivity contribution is 6.00. The van der Waals surface area contributed by atoms with Gasteiger partial charge in [-0.05, 0) is 35.9 Å². The number of fused-ring (bicyclic) bond motifs is 1. The van der Waals surface area contributed by atoms with Gasteiger partial charge in [-0.1, -0.05) is 30.3 Å². The van der Waals surface area contributed by atoms with Crippen LogP contribution >= 0.6 is 0 Å². The number of carbonyl (C=O) groups excluding carboxylic acids is 2. The normalized spacial score (nSPS) is 11.1. The molecule has 4 rings (SSSR count). The molecule has 0 bridgehead atoms. The number of hydrazone groups is 1. The average molecular weight is 401 g/mol. The van der Waals surface area contributed by atoms with E-state index in [9.17, 15) is 9.59 Å². The number of amides is 1. The number of hydrogen-bond acceptors (Lipinski definition) is 5. The SMILES string of the molecule is COC(=O)c1cccc(Cn2cc(/C=N/NC(=O)c3ccco3)c3ccccc32)c1. The van der Waals surface area contributed by atoms with Crippen LogP contribution in [0.2, 0.25) is 0 Å². The molecule has 0 atom stereocenters. The lowest BCUT2D eigenvalue weighted by Crippen LogP contribution is -2.16. The van der Waals surface area contributed by atoms with E-state index in [4.69, 9.17) is 9.15 Å². The molecule has 7 nitrogen and oxygen atoms in total. The van der Waals surface area contributed by atoms with Gasteiger partial charge in [-0.2, -0.15) is 5.10 Å². The van der Waals surface area contributed by atoms with E-state index in [-0.39, 0.29) is 11.7 Å².